The Kier molecular flexibility index (Phi) is 19.0. The van der Waals surface area contributed by atoms with Crippen LogP contribution in [0.15, 0.2) is 267 Å². The third-order valence-corrected chi connectivity index (χ3v) is 18.2. The highest BCUT2D eigenvalue weighted by Crippen LogP contribution is 2.59. The van der Waals surface area contributed by atoms with Crippen molar-refractivity contribution in [1.29, 1.82) is 0 Å². The van der Waals surface area contributed by atoms with Gasteiger partial charge in [0.1, 0.15) is 57.5 Å². The van der Waals surface area contributed by atoms with Crippen molar-refractivity contribution in [3.05, 3.63) is 267 Å². The van der Waals surface area contributed by atoms with Crippen molar-refractivity contribution in [3.8, 4) is 191 Å². The van der Waals surface area contributed by atoms with E-state index in [0.29, 0.717) is 0 Å². The van der Waals surface area contributed by atoms with Crippen molar-refractivity contribution in [2.45, 2.75) is 0 Å². The van der Waals surface area contributed by atoms with E-state index in [4.69, 9.17) is 47.4 Å². The number of hydrogen-bond donors (Lipinski definition) is 0. The predicted molar refractivity (Wildman–Crippen MR) is 397 cm³/mol. The first-order valence-electron chi connectivity index (χ1n) is 32.2. The summed E-state index contributed by atoms with van der Waals surface area (Å²) in [6.07, 6.45) is 0. The second kappa shape index (κ2) is 28.8. The maximum absolute atomic E-state index is 5.91. The van der Waals surface area contributed by atoms with Crippen LogP contribution in [0.3, 0.4) is 0 Å². The van der Waals surface area contributed by atoms with Gasteiger partial charge in [0.15, 0.2) is 0 Å². The molecule has 0 aliphatic rings. The molecule has 486 valence electrons. The Labute approximate surface area is 573 Å². The topological polar surface area (TPSA) is 92.3 Å². The molecule has 98 heavy (non-hydrogen) atoms. The van der Waals surface area contributed by atoms with E-state index in [9.17, 15) is 0 Å². The predicted octanol–water partition coefficient (Wildman–Crippen LogP) is 21.8. The molecule has 0 N–H and O–H groups in total. The fourth-order valence-corrected chi connectivity index (χ4v) is 13.3. The molecule has 0 heterocycles. The lowest BCUT2D eigenvalue weighted by Crippen LogP contribution is -2.03. The SMILES string of the molecule is COc1ccc(-c2c(-c3ccc(OC)cc3)c(-c3ccc(OC)cc3)c(-c3ccc(-c4c(-c5ccc(OC)cc5)c(-c5ccc(OC)cc5)c(-c5ccc(OC)cc5)c(-c5ccc(OC)cc5)c4-c4ccc(OC)cc4)cc3)c(-c3ccc(OC)cc3)c2-c2ccc(OC)cc2)cc1. The van der Waals surface area contributed by atoms with Gasteiger partial charge >= 0.3 is 0 Å². The first kappa shape index (κ1) is 64.6. The Morgan fingerprint density at radius 2 is 0.163 bits per heavy atom. The summed E-state index contributed by atoms with van der Waals surface area (Å²) in [4.78, 5) is 0. The van der Waals surface area contributed by atoms with Crippen LogP contribution in [0.2, 0.25) is 0 Å². The molecule has 0 saturated carbocycles. The zero-order valence-corrected chi connectivity index (χ0v) is 56.5. The molecule has 0 amide bonds. The van der Waals surface area contributed by atoms with E-state index in [2.05, 4.69) is 146 Å². The minimum atomic E-state index is 0.729. The quantitative estimate of drug-likeness (QED) is 0.0653. The van der Waals surface area contributed by atoms with Crippen LogP contribution in [-0.2, 0) is 0 Å². The molecule has 13 rings (SSSR count). The van der Waals surface area contributed by atoms with Gasteiger partial charge in [0, 0.05) is 0 Å². The molecule has 0 unspecified atom stereocenters. The lowest BCUT2D eigenvalue weighted by atomic mass is 9.73. The highest BCUT2D eigenvalue weighted by atomic mass is 16.5. The zero-order chi connectivity index (χ0) is 67.8. The van der Waals surface area contributed by atoms with Crippen molar-refractivity contribution in [1.82, 2.24) is 0 Å². The highest BCUT2D eigenvalue weighted by Gasteiger charge is 2.33. The summed E-state index contributed by atoms with van der Waals surface area (Å²) in [6.45, 7) is 0. The fourth-order valence-electron chi connectivity index (χ4n) is 13.3. The Hall–Kier alpha value is -12.1. The summed E-state index contributed by atoms with van der Waals surface area (Å²) in [5.74, 6) is 7.33. The molecule has 0 fully saturated rings. The van der Waals surface area contributed by atoms with Gasteiger partial charge < -0.3 is 47.4 Å². The molecule has 0 saturated heterocycles. The van der Waals surface area contributed by atoms with Crippen molar-refractivity contribution >= 4 is 0 Å². The van der Waals surface area contributed by atoms with Gasteiger partial charge in [-0.1, -0.05) is 146 Å². The van der Waals surface area contributed by atoms with Crippen LogP contribution >= 0.6 is 0 Å². The lowest BCUT2D eigenvalue weighted by molar-refractivity contribution is 0.414. The summed E-state index contributed by atoms with van der Waals surface area (Å²) in [7, 11) is 17.0. The summed E-state index contributed by atoms with van der Waals surface area (Å²) >= 11 is 0. The van der Waals surface area contributed by atoms with Crippen molar-refractivity contribution in [2.75, 3.05) is 71.1 Å². The van der Waals surface area contributed by atoms with Crippen molar-refractivity contribution in [3.63, 3.8) is 0 Å². The van der Waals surface area contributed by atoms with E-state index in [1.165, 1.54) is 0 Å². The Morgan fingerprint density at radius 1 is 0.102 bits per heavy atom. The van der Waals surface area contributed by atoms with E-state index in [1.54, 1.807) is 71.1 Å². The van der Waals surface area contributed by atoms with E-state index < -0.39 is 0 Å². The average Bonchev–Trinajstić information content (AvgIpc) is 0.720. The standard InChI is InChI=1S/C88H74O10/c1-89-67-35-15-57(16-36-67)79-77(80(58-17-37-68(90-2)38-18-58)84(62-25-45-72(94-6)46-26-62)87(65-31-51-75(97-9)52-32-65)83(79)61-23-43-71(93-5)44-24-61)55-11-13-56(14-12-55)78-81(59-19-39-69(91-3)40-20-59)85(63-27-47-73(95-7)48-28-63)88(66-33-53-76(98-10)54-34-66)86(64-29-49-74(96-8)50-30-64)82(78)60-21-41-70(92-4)42-22-60/h11-54H,1-10H3. The van der Waals surface area contributed by atoms with E-state index in [0.717, 1.165) is 191 Å². The van der Waals surface area contributed by atoms with E-state index in [-0.39, 0.29) is 0 Å². The monoisotopic (exact) mass is 1290 g/mol. The summed E-state index contributed by atoms with van der Waals surface area (Å²) < 4.78 is 58.8. The van der Waals surface area contributed by atoms with Crippen molar-refractivity contribution in [2.24, 2.45) is 0 Å². The second-order valence-electron chi connectivity index (χ2n) is 23.4. The third kappa shape index (κ3) is 12.6. The van der Waals surface area contributed by atoms with Crippen LogP contribution in [0.1, 0.15) is 0 Å². The minimum absolute atomic E-state index is 0.729. The van der Waals surface area contributed by atoms with E-state index >= 15 is 0 Å². The molecule has 13 aromatic rings. The van der Waals surface area contributed by atoms with Gasteiger partial charge in [-0.05, 0) is 255 Å². The van der Waals surface area contributed by atoms with Gasteiger partial charge in [0.2, 0.25) is 0 Å². The maximum Gasteiger partial charge on any atom is 0.118 e. The second-order valence-corrected chi connectivity index (χ2v) is 23.4. The normalized spacial score (nSPS) is 11.0. The van der Waals surface area contributed by atoms with Crippen LogP contribution in [-0.4, -0.2) is 71.1 Å². The number of benzene rings is 13. The third-order valence-electron chi connectivity index (χ3n) is 18.2. The number of methoxy groups -OCH3 is 10. The van der Waals surface area contributed by atoms with Gasteiger partial charge in [0.25, 0.3) is 0 Å². The van der Waals surface area contributed by atoms with Gasteiger partial charge in [-0.25, -0.2) is 0 Å². The average molecular weight is 1290 g/mol. The number of rotatable bonds is 22. The van der Waals surface area contributed by atoms with Crippen LogP contribution < -0.4 is 47.4 Å². The fraction of sp³-hybridized carbons (Fsp3) is 0.114. The smallest absolute Gasteiger partial charge is 0.118 e. The highest BCUT2D eigenvalue weighted by molar-refractivity contribution is 6.17. The zero-order valence-electron chi connectivity index (χ0n) is 56.5. The molecule has 0 aliphatic heterocycles. The van der Waals surface area contributed by atoms with Crippen molar-refractivity contribution < 1.29 is 47.4 Å². The summed E-state index contributed by atoms with van der Waals surface area (Å²) in [5.41, 5.74) is 23.5. The molecule has 0 radical (unpaired) electrons. The van der Waals surface area contributed by atoms with Crippen LogP contribution in [0, 0.1) is 0 Å². The van der Waals surface area contributed by atoms with Crippen LogP contribution in [0.5, 0.6) is 57.5 Å². The minimum Gasteiger partial charge on any atom is -0.497 e. The van der Waals surface area contributed by atoms with Gasteiger partial charge in [-0.3, -0.25) is 0 Å². The molecule has 0 aromatic heterocycles. The summed E-state index contributed by atoms with van der Waals surface area (Å²) in [6, 6.07) is 93.0. The largest absolute Gasteiger partial charge is 0.497 e. The van der Waals surface area contributed by atoms with Gasteiger partial charge in [0.05, 0.1) is 71.1 Å². The van der Waals surface area contributed by atoms with Gasteiger partial charge in [-0.2, -0.15) is 0 Å². The lowest BCUT2D eigenvalue weighted by Gasteiger charge is -2.30. The number of hydrogen-bond acceptors (Lipinski definition) is 10. The molecule has 0 aliphatic carbocycles. The first-order valence-corrected chi connectivity index (χ1v) is 32.2. The first-order chi connectivity index (χ1) is 48.1. The Balaban J connectivity index is 1.24. The van der Waals surface area contributed by atoms with Crippen LogP contribution in [0.25, 0.3) is 134 Å². The van der Waals surface area contributed by atoms with Gasteiger partial charge in [-0.15, -0.1) is 0 Å². The molecular formula is C88H74O10. The number of ether oxygens (including phenoxy) is 10. The maximum atomic E-state index is 5.91. The molecular weight excluding hydrogens is 1220 g/mol. The summed E-state index contributed by atoms with van der Waals surface area (Å²) in [5, 5.41) is 0. The molecule has 0 atom stereocenters. The van der Waals surface area contributed by atoms with E-state index in [1.807, 2.05) is 121 Å². The molecule has 10 nitrogen and oxygen atoms in total. The Bertz CT molecular complexity index is 4340. The molecule has 0 bridgehead atoms. The van der Waals surface area contributed by atoms with Crippen LogP contribution in [0.4, 0.5) is 0 Å². The molecule has 13 aromatic carbocycles. The molecule has 10 heteroatoms. The Morgan fingerprint density at radius 3 is 0.224 bits per heavy atom. The molecule has 0 spiro atoms.